The molecule has 0 bridgehead atoms. The number of anilines is 1. The molecule has 3 aromatic rings. The molecule has 0 spiro atoms. The van der Waals surface area contributed by atoms with Gasteiger partial charge in [0.05, 0.1) is 37.1 Å². The highest BCUT2D eigenvalue weighted by Gasteiger charge is 2.55. The summed E-state index contributed by atoms with van der Waals surface area (Å²) in [6.07, 6.45) is -4.38. The molecule has 38 heavy (non-hydrogen) atoms. The van der Waals surface area contributed by atoms with E-state index in [1.165, 1.54) is 32.1 Å². The van der Waals surface area contributed by atoms with E-state index in [1.807, 2.05) is 5.32 Å². The maximum absolute atomic E-state index is 14.5. The van der Waals surface area contributed by atoms with Gasteiger partial charge in [0.1, 0.15) is 30.9 Å². The maximum Gasteiger partial charge on any atom is 0.420 e. The van der Waals surface area contributed by atoms with Crippen LogP contribution in [0.1, 0.15) is 20.7 Å². The molecule has 2 amide bonds. The number of aromatic nitrogens is 2. The van der Waals surface area contributed by atoms with Crippen molar-refractivity contribution in [2.75, 3.05) is 32.0 Å². The molecule has 1 unspecified atom stereocenters. The molecule has 15 heteroatoms. The summed E-state index contributed by atoms with van der Waals surface area (Å²) in [7, 11) is 1.36. The fourth-order valence-electron chi connectivity index (χ4n) is 3.56. The normalized spacial score (nSPS) is 13.1. The molecule has 0 radical (unpaired) electrons. The summed E-state index contributed by atoms with van der Waals surface area (Å²) in [5.74, 6) is -4.08. The van der Waals surface area contributed by atoms with E-state index in [9.17, 15) is 41.8 Å². The quantitative estimate of drug-likeness (QED) is 0.226. The molecule has 2 aromatic carbocycles. The average molecular weight is 539 g/mol. The van der Waals surface area contributed by atoms with Gasteiger partial charge in [-0.05, 0) is 30.3 Å². The number of nitrogens with zero attached hydrogens (tertiary/aromatic N) is 3. The van der Waals surface area contributed by atoms with Crippen LogP contribution >= 0.6 is 0 Å². The number of amides is 2. The maximum atomic E-state index is 14.5. The van der Waals surface area contributed by atoms with Gasteiger partial charge in [0, 0.05) is 6.54 Å². The predicted octanol–water partition coefficient (Wildman–Crippen LogP) is 0.149. The molecule has 1 heterocycles. The van der Waals surface area contributed by atoms with Crippen molar-refractivity contribution in [2.45, 2.75) is 11.8 Å². The van der Waals surface area contributed by atoms with Crippen molar-refractivity contribution in [1.29, 1.82) is 0 Å². The van der Waals surface area contributed by atoms with E-state index in [0.29, 0.717) is 4.90 Å². The van der Waals surface area contributed by atoms with Crippen molar-refractivity contribution >= 4 is 30.9 Å². The van der Waals surface area contributed by atoms with Gasteiger partial charge in [-0.1, -0.05) is 17.6 Å². The topological polar surface area (TPSA) is 134 Å². The van der Waals surface area contributed by atoms with Crippen molar-refractivity contribution in [2.24, 2.45) is 0 Å². The number of aliphatic hydroxyl groups excluding tert-OH is 1. The van der Waals surface area contributed by atoms with E-state index in [1.54, 1.807) is 0 Å². The molecule has 0 aliphatic heterocycles. The van der Waals surface area contributed by atoms with Crippen molar-refractivity contribution in [3.63, 3.8) is 0 Å². The molecule has 0 aliphatic rings. The number of rotatable bonds is 9. The van der Waals surface area contributed by atoms with E-state index < -0.39 is 67.0 Å². The van der Waals surface area contributed by atoms with Gasteiger partial charge in [0.15, 0.2) is 5.60 Å². The van der Waals surface area contributed by atoms with Gasteiger partial charge in [0.25, 0.3) is 11.8 Å². The summed E-state index contributed by atoms with van der Waals surface area (Å²) >= 11 is 0. The van der Waals surface area contributed by atoms with Crippen molar-refractivity contribution < 1.29 is 41.8 Å². The van der Waals surface area contributed by atoms with Crippen LogP contribution in [0.3, 0.4) is 0 Å². The lowest BCUT2D eigenvalue weighted by Gasteiger charge is -2.35. The molecular formula is C23H23BF5N5O4. The predicted molar refractivity (Wildman–Crippen MR) is 129 cm³/mol. The van der Waals surface area contributed by atoms with E-state index in [4.69, 9.17) is 5.73 Å². The van der Waals surface area contributed by atoms with Crippen LogP contribution in [0.25, 0.3) is 5.69 Å². The molecule has 202 valence electrons. The van der Waals surface area contributed by atoms with Gasteiger partial charge in [-0.25, -0.2) is 13.5 Å². The third-order valence-electron chi connectivity index (χ3n) is 5.72. The molecule has 0 saturated heterocycles. The van der Waals surface area contributed by atoms with Crippen LogP contribution in [0.15, 0.2) is 48.7 Å². The van der Waals surface area contributed by atoms with Crippen LogP contribution < -0.4 is 16.5 Å². The van der Waals surface area contributed by atoms with Gasteiger partial charge in [-0.3, -0.25) is 9.59 Å². The second kappa shape index (κ2) is 11.2. The van der Waals surface area contributed by atoms with E-state index in [-0.39, 0.29) is 22.5 Å². The average Bonchev–Trinajstić information content (AvgIpc) is 3.24. The Morgan fingerprint density at radius 1 is 1.11 bits per heavy atom. The zero-order chi connectivity index (χ0) is 28.3. The Morgan fingerprint density at radius 2 is 1.76 bits per heavy atom. The number of carbonyl (C=O) groups is 2. The molecule has 1 atom stereocenters. The number of alkyl halides is 3. The molecule has 5 N–H and O–H groups in total. The highest BCUT2D eigenvalue weighted by atomic mass is 19.4. The molecule has 3 rings (SSSR count). The van der Waals surface area contributed by atoms with Crippen LogP contribution in [0, 0.1) is 11.6 Å². The summed E-state index contributed by atoms with van der Waals surface area (Å²) in [6.45, 7) is -4.27. The number of nitrogens with two attached hydrogens (primary N) is 1. The summed E-state index contributed by atoms with van der Waals surface area (Å²) in [5, 5.41) is 25.7. The lowest BCUT2D eigenvalue weighted by Crippen LogP contribution is -2.61. The van der Waals surface area contributed by atoms with Crippen LogP contribution in [0.4, 0.5) is 27.8 Å². The van der Waals surface area contributed by atoms with Crippen molar-refractivity contribution in [3.8, 4) is 5.69 Å². The Hall–Kier alpha value is -3.98. The number of nitrogens with one attached hydrogen (secondary N) is 1. The number of hydrogen-bond donors (Lipinski definition) is 4. The number of halogens is 5. The molecule has 1 aromatic heterocycles. The van der Waals surface area contributed by atoms with Crippen molar-refractivity contribution in [1.82, 2.24) is 20.0 Å². The van der Waals surface area contributed by atoms with Gasteiger partial charge >= 0.3 is 6.18 Å². The molecule has 9 nitrogen and oxygen atoms in total. The Morgan fingerprint density at radius 3 is 2.37 bits per heavy atom. The second-order valence-corrected chi connectivity index (χ2v) is 8.43. The fraction of sp³-hybridized carbons (Fsp3) is 0.261. The minimum atomic E-state index is -5.36. The summed E-state index contributed by atoms with van der Waals surface area (Å²) < 4.78 is 70.6. The Kier molecular flexibility index (Phi) is 8.42. The number of aliphatic hydroxyl groups is 2. The first-order valence-corrected chi connectivity index (χ1v) is 11.1. The number of hydrogen-bond acceptors (Lipinski definition) is 6. The standard InChI is InChI=1S/C23H23BF5N5O4/c24-17-3-1-2-15(18(17)26)21(37)33(8-9-35)12-22(38,23(27,28)29)11-31-20(36)16-10-32-34(19(16)30)14-6-4-13(25)5-7-14/h1-7,10,35,38H,8-9,11-12,24,30H2,(H,31,36). The highest BCUT2D eigenvalue weighted by molar-refractivity contribution is 6.32. The second-order valence-electron chi connectivity index (χ2n) is 8.43. The summed E-state index contributed by atoms with van der Waals surface area (Å²) in [6, 6.07) is 8.59. The van der Waals surface area contributed by atoms with E-state index >= 15 is 0 Å². The van der Waals surface area contributed by atoms with Crippen LogP contribution in [-0.4, -0.2) is 82.6 Å². The lowest BCUT2D eigenvalue weighted by atomic mass is 9.93. The van der Waals surface area contributed by atoms with Crippen LogP contribution in [0.5, 0.6) is 0 Å². The van der Waals surface area contributed by atoms with E-state index in [0.717, 1.165) is 29.1 Å². The zero-order valence-electron chi connectivity index (χ0n) is 20.0. The van der Waals surface area contributed by atoms with E-state index in [2.05, 4.69) is 5.10 Å². The number of nitrogen functional groups attached to an aromatic ring is 1. The smallest absolute Gasteiger partial charge is 0.395 e. The first-order valence-electron chi connectivity index (χ1n) is 11.1. The Balaban J connectivity index is 1.82. The molecule has 0 saturated carbocycles. The number of carbonyl (C=O) groups excluding carboxylic acids is 2. The van der Waals surface area contributed by atoms with Crippen LogP contribution in [0.2, 0.25) is 0 Å². The van der Waals surface area contributed by atoms with Gasteiger partial charge in [0.2, 0.25) is 0 Å². The third-order valence-corrected chi connectivity index (χ3v) is 5.72. The monoisotopic (exact) mass is 539 g/mol. The molecule has 0 aliphatic carbocycles. The minimum absolute atomic E-state index is 0.0666. The first kappa shape index (κ1) is 28.6. The zero-order valence-corrected chi connectivity index (χ0v) is 20.0. The SMILES string of the molecule is Bc1cccc(C(=O)N(CCO)CC(O)(CNC(=O)c2cnn(-c3ccc(F)cc3)c2N)C(F)(F)F)c1F. The molecular weight excluding hydrogens is 516 g/mol. The van der Waals surface area contributed by atoms with Gasteiger partial charge < -0.3 is 26.2 Å². The Labute approximate surface area is 214 Å². The van der Waals surface area contributed by atoms with Gasteiger partial charge in [-0.15, -0.1) is 0 Å². The minimum Gasteiger partial charge on any atom is -0.395 e. The van der Waals surface area contributed by atoms with Gasteiger partial charge in [-0.2, -0.15) is 18.3 Å². The molecule has 0 fully saturated rings. The highest BCUT2D eigenvalue weighted by Crippen LogP contribution is 2.31. The Bertz CT molecular complexity index is 1320. The largest absolute Gasteiger partial charge is 0.420 e. The third kappa shape index (κ3) is 5.94. The first-order chi connectivity index (χ1) is 17.8. The summed E-state index contributed by atoms with van der Waals surface area (Å²) in [5.41, 5.74) is 1.67. The van der Waals surface area contributed by atoms with Crippen LogP contribution in [-0.2, 0) is 0 Å². The van der Waals surface area contributed by atoms with Crippen molar-refractivity contribution in [3.05, 3.63) is 71.4 Å². The fourth-order valence-corrected chi connectivity index (χ4v) is 3.56. The number of benzene rings is 2. The summed E-state index contributed by atoms with van der Waals surface area (Å²) in [4.78, 5) is 25.9. The lowest BCUT2D eigenvalue weighted by molar-refractivity contribution is -0.260.